The third-order valence-corrected chi connectivity index (χ3v) is 1.35. The van der Waals surface area contributed by atoms with E-state index in [-0.39, 0.29) is 5.88 Å². The molecular formula is C9H11N3O. The van der Waals surface area contributed by atoms with Crippen molar-refractivity contribution < 1.29 is 4.74 Å². The lowest BCUT2D eigenvalue weighted by Gasteiger charge is -2.02. The minimum atomic E-state index is 0.159. The lowest BCUT2D eigenvalue weighted by Crippen LogP contribution is -2.06. The smallest absolute Gasteiger partial charge is 0.221 e. The topological polar surface area (TPSA) is 72.0 Å². The van der Waals surface area contributed by atoms with Crippen molar-refractivity contribution in [2.24, 2.45) is 5.73 Å². The van der Waals surface area contributed by atoms with Crippen molar-refractivity contribution in [2.75, 3.05) is 0 Å². The second-order valence-electron chi connectivity index (χ2n) is 2.51. The molecule has 0 aliphatic rings. The van der Waals surface area contributed by atoms with Gasteiger partial charge in [-0.05, 0) is 12.5 Å². The molecule has 0 aliphatic carbocycles. The molecule has 13 heavy (non-hydrogen) atoms. The van der Waals surface area contributed by atoms with Crippen LogP contribution >= 0.6 is 0 Å². The first-order valence-corrected chi connectivity index (χ1v) is 3.79. The highest BCUT2D eigenvalue weighted by atomic mass is 16.5. The number of nitrogens with zero attached hydrogens (tertiary/aromatic N) is 1. The summed E-state index contributed by atoms with van der Waals surface area (Å²) in [5.41, 5.74) is 6.46. The van der Waals surface area contributed by atoms with Crippen LogP contribution in [0.5, 0.6) is 5.88 Å². The lowest BCUT2D eigenvalue weighted by molar-refractivity contribution is 0.404. The summed E-state index contributed by atoms with van der Waals surface area (Å²) in [6.45, 7) is 1.94. The summed E-state index contributed by atoms with van der Waals surface area (Å²) in [5, 5.41) is 6.75. The highest BCUT2D eigenvalue weighted by Crippen LogP contribution is 2.07. The van der Waals surface area contributed by atoms with Crippen LogP contribution in [0.1, 0.15) is 5.56 Å². The zero-order chi connectivity index (χ0) is 9.68. The normalized spacial score (nSPS) is 11.0. The van der Waals surface area contributed by atoms with E-state index in [1.54, 1.807) is 12.3 Å². The van der Waals surface area contributed by atoms with Crippen LogP contribution in [0.3, 0.4) is 0 Å². The van der Waals surface area contributed by atoms with Crippen LogP contribution in [0.2, 0.25) is 0 Å². The number of nitrogens with two attached hydrogens (primary N) is 1. The molecule has 68 valence electrons. The summed E-state index contributed by atoms with van der Waals surface area (Å²) >= 11 is 0. The van der Waals surface area contributed by atoms with Crippen LogP contribution in [-0.4, -0.2) is 11.2 Å². The van der Waals surface area contributed by atoms with Gasteiger partial charge in [0.05, 0.1) is 0 Å². The van der Waals surface area contributed by atoms with Crippen molar-refractivity contribution in [2.45, 2.75) is 6.92 Å². The molecule has 0 atom stereocenters. The van der Waals surface area contributed by atoms with E-state index in [0.29, 0.717) is 5.88 Å². The van der Waals surface area contributed by atoms with Crippen molar-refractivity contribution in [1.82, 2.24) is 4.98 Å². The summed E-state index contributed by atoms with van der Waals surface area (Å²) in [5.74, 6) is 0.590. The van der Waals surface area contributed by atoms with Gasteiger partial charge in [-0.25, -0.2) is 4.98 Å². The summed E-state index contributed by atoms with van der Waals surface area (Å²) < 4.78 is 5.09. The van der Waals surface area contributed by atoms with Gasteiger partial charge in [0.25, 0.3) is 0 Å². The minimum absolute atomic E-state index is 0.159. The van der Waals surface area contributed by atoms with Crippen LogP contribution in [0, 0.1) is 12.3 Å². The molecule has 0 saturated carbocycles. The van der Waals surface area contributed by atoms with Gasteiger partial charge in [-0.15, -0.1) is 0 Å². The predicted molar refractivity (Wildman–Crippen MR) is 50.7 cm³/mol. The molecule has 0 amide bonds. The minimum Gasteiger partial charge on any atom is -0.423 e. The molecule has 3 N–H and O–H groups in total. The van der Waals surface area contributed by atoms with E-state index in [4.69, 9.17) is 15.9 Å². The number of nitrogens with one attached hydrogen (secondary N) is 1. The Morgan fingerprint density at radius 1 is 1.62 bits per heavy atom. The Morgan fingerprint density at radius 3 is 2.92 bits per heavy atom. The first kappa shape index (κ1) is 9.25. The molecule has 0 spiro atoms. The molecule has 4 nitrogen and oxygen atoms in total. The molecule has 0 bridgehead atoms. The monoisotopic (exact) mass is 177 g/mol. The van der Waals surface area contributed by atoms with Gasteiger partial charge in [0.15, 0.2) is 5.88 Å². The van der Waals surface area contributed by atoms with Gasteiger partial charge < -0.3 is 15.9 Å². The first-order valence-electron chi connectivity index (χ1n) is 3.79. The Labute approximate surface area is 76.6 Å². The van der Waals surface area contributed by atoms with E-state index in [2.05, 4.69) is 4.98 Å². The number of aromatic nitrogens is 1. The number of hydrogen-bond donors (Lipinski definition) is 2. The molecule has 0 aromatic carbocycles. The Kier molecular flexibility index (Phi) is 3.03. The fourth-order valence-corrected chi connectivity index (χ4v) is 0.752. The van der Waals surface area contributed by atoms with Gasteiger partial charge in [0.2, 0.25) is 5.88 Å². The number of rotatable bonds is 3. The molecule has 1 aromatic rings. The van der Waals surface area contributed by atoms with E-state index in [1.165, 1.54) is 6.08 Å². The van der Waals surface area contributed by atoms with Crippen LogP contribution < -0.4 is 10.5 Å². The Morgan fingerprint density at radius 2 is 2.38 bits per heavy atom. The van der Waals surface area contributed by atoms with Crippen LogP contribution in [0.4, 0.5) is 0 Å². The number of hydrogen-bond acceptors (Lipinski definition) is 4. The summed E-state index contributed by atoms with van der Waals surface area (Å²) in [7, 11) is 0. The quantitative estimate of drug-likeness (QED) is 0.538. The van der Waals surface area contributed by atoms with Gasteiger partial charge in [0.1, 0.15) is 0 Å². The fraction of sp³-hybridized carbons (Fsp3) is 0.111. The molecule has 0 saturated heterocycles. The van der Waals surface area contributed by atoms with Gasteiger partial charge in [-0.2, -0.15) is 0 Å². The average molecular weight is 177 g/mol. The van der Waals surface area contributed by atoms with Gasteiger partial charge in [0, 0.05) is 24.6 Å². The van der Waals surface area contributed by atoms with Crippen molar-refractivity contribution in [1.29, 1.82) is 5.41 Å². The average Bonchev–Trinajstić information content (AvgIpc) is 2.09. The van der Waals surface area contributed by atoms with E-state index < -0.39 is 0 Å². The zero-order valence-corrected chi connectivity index (χ0v) is 7.32. The Balaban J connectivity index is 2.69. The highest BCUT2D eigenvalue weighted by Gasteiger charge is 1.95. The summed E-state index contributed by atoms with van der Waals surface area (Å²) in [6, 6.07) is 3.60. The number of allylic oxidation sites excluding steroid dienone is 1. The lowest BCUT2D eigenvalue weighted by atomic mass is 10.3. The van der Waals surface area contributed by atoms with E-state index in [1.807, 2.05) is 13.0 Å². The number of ether oxygens (including phenoxy) is 1. The SMILES string of the molecule is Cc1ccc(O/C(N)=C/C=N)nc1. The van der Waals surface area contributed by atoms with Gasteiger partial charge >= 0.3 is 0 Å². The second kappa shape index (κ2) is 4.25. The summed E-state index contributed by atoms with van der Waals surface area (Å²) in [6.07, 6.45) is 4.10. The van der Waals surface area contributed by atoms with Crippen molar-refractivity contribution in [3.05, 3.63) is 35.9 Å². The van der Waals surface area contributed by atoms with Crippen molar-refractivity contribution >= 4 is 6.21 Å². The van der Waals surface area contributed by atoms with Gasteiger partial charge in [-0.3, -0.25) is 0 Å². The van der Waals surface area contributed by atoms with Gasteiger partial charge in [-0.1, -0.05) is 6.07 Å². The van der Waals surface area contributed by atoms with E-state index in [0.717, 1.165) is 11.8 Å². The molecule has 1 aromatic heterocycles. The maximum absolute atomic E-state index is 6.75. The first-order chi connectivity index (χ1) is 6.22. The molecule has 0 unspecified atom stereocenters. The molecule has 1 rings (SSSR count). The third-order valence-electron chi connectivity index (χ3n) is 1.35. The molecular weight excluding hydrogens is 166 g/mol. The van der Waals surface area contributed by atoms with Crippen molar-refractivity contribution in [3.8, 4) is 5.88 Å². The van der Waals surface area contributed by atoms with Crippen LogP contribution in [-0.2, 0) is 0 Å². The predicted octanol–water partition coefficient (Wildman–Crippen LogP) is 1.22. The van der Waals surface area contributed by atoms with E-state index in [9.17, 15) is 0 Å². The second-order valence-corrected chi connectivity index (χ2v) is 2.51. The number of aryl methyl sites for hydroxylation is 1. The third kappa shape index (κ3) is 2.94. The van der Waals surface area contributed by atoms with E-state index >= 15 is 0 Å². The molecule has 0 aliphatic heterocycles. The van der Waals surface area contributed by atoms with Crippen LogP contribution in [0.25, 0.3) is 0 Å². The Hall–Kier alpha value is -1.84. The molecule has 0 radical (unpaired) electrons. The maximum Gasteiger partial charge on any atom is 0.221 e. The molecule has 1 heterocycles. The standard InChI is InChI=1S/C9H11N3O/c1-7-2-3-9(12-6-7)13-8(11)4-5-10/h2-6,10H,11H2,1H3/b8-4+,10-5?. The van der Waals surface area contributed by atoms with Crippen molar-refractivity contribution in [3.63, 3.8) is 0 Å². The van der Waals surface area contributed by atoms with Crippen LogP contribution in [0.15, 0.2) is 30.3 Å². The highest BCUT2D eigenvalue weighted by molar-refractivity contribution is 5.68. The number of pyridine rings is 1. The molecule has 0 fully saturated rings. The molecule has 4 heteroatoms. The maximum atomic E-state index is 6.75. The summed E-state index contributed by atoms with van der Waals surface area (Å²) in [4.78, 5) is 3.98. The zero-order valence-electron chi connectivity index (χ0n) is 7.32. The largest absolute Gasteiger partial charge is 0.423 e. The Bertz CT molecular complexity index is 316. The fourth-order valence-electron chi connectivity index (χ4n) is 0.752.